The van der Waals surface area contributed by atoms with Gasteiger partial charge in [0.05, 0.1) is 12.5 Å². The minimum Gasteiger partial charge on any atom is -0.497 e. The van der Waals surface area contributed by atoms with Gasteiger partial charge in [0.25, 0.3) is 0 Å². The molecular weight excluding hydrogens is 368 g/mol. The van der Waals surface area contributed by atoms with E-state index in [1.54, 1.807) is 18.7 Å². The first-order valence-electron chi connectivity index (χ1n) is 10.5. The van der Waals surface area contributed by atoms with Crippen LogP contribution in [0.1, 0.15) is 62.9 Å². The van der Waals surface area contributed by atoms with Crippen molar-refractivity contribution in [1.29, 1.82) is 0 Å². The molecule has 1 aromatic carbocycles. The van der Waals surface area contributed by atoms with Crippen molar-refractivity contribution in [3.8, 4) is 5.75 Å². The quantitative estimate of drug-likeness (QED) is 0.776. The lowest BCUT2D eigenvalue weighted by Gasteiger charge is -2.34. The minimum atomic E-state index is -0.357. The monoisotopic (exact) mass is 398 g/mol. The molecule has 1 aliphatic heterocycles. The highest BCUT2D eigenvalue weighted by atomic mass is 16.5. The second-order valence-electron chi connectivity index (χ2n) is 8.61. The summed E-state index contributed by atoms with van der Waals surface area (Å²) in [7, 11) is 3.35. The smallest absolute Gasteiger partial charge is 0.345 e. The van der Waals surface area contributed by atoms with Crippen molar-refractivity contribution in [2.45, 2.75) is 56.9 Å². The number of ether oxygens (including phenoxy) is 1. The second-order valence-corrected chi connectivity index (χ2v) is 8.61. The van der Waals surface area contributed by atoms with E-state index in [0.29, 0.717) is 13.1 Å². The number of hydrogen-bond donors (Lipinski definition) is 0. The molecule has 2 aliphatic rings. The van der Waals surface area contributed by atoms with Crippen LogP contribution in [0.15, 0.2) is 29.1 Å². The van der Waals surface area contributed by atoms with E-state index in [1.165, 1.54) is 4.68 Å². The molecule has 1 aromatic heterocycles. The molecule has 1 aliphatic carbocycles. The Bertz CT molecular complexity index is 945. The molecule has 7 heteroatoms. The average molecular weight is 399 g/mol. The normalized spacial score (nSPS) is 18.9. The Balaban J connectivity index is 1.47. The summed E-state index contributed by atoms with van der Waals surface area (Å²) >= 11 is 0. The van der Waals surface area contributed by atoms with E-state index in [1.807, 2.05) is 43.0 Å². The Hall–Kier alpha value is -2.57. The molecule has 1 saturated carbocycles. The van der Waals surface area contributed by atoms with Crippen molar-refractivity contribution in [3.63, 3.8) is 0 Å². The number of amides is 1. The van der Waals surface area contributed by atoms with Gasteiger partial charge >= 0.3 is 5.69 Å². The molecule has 0 atom stereocenters. The van der Waals surface area contributed by atoms with Gasteiger partial charge in [-0.25, -0.2) is 9.48 Å². The maximum absolute atomic E-state index is 13.3. The number of hydrogen-bond acceptors (Lipinski definition) is 4. The fourth-order valence-corrected chi connectivity index (χ4v) is 4.57. The molecule has 0 radical (unpaired) electrons. The summed E-state index contributed by atoms with van der Waals surface area (Å²) in [6.07, 6.45) is 3.50. The van der Waals surface area contributed by atoms with Gasteiger partial charge in [-0.2, -0.15) is 5.10 Å². The highest BCUT2D eigenvalue weighted by Gasteiger charge is 2.53. The molecule has 4 rings (SSSR count). The highest BCUT2D eigenvalue weighted by Crippen LogP contribution is 2.50. The Morgan fingerprint density at radius 1 is 1.17 bits per heavy atom. The maximum Gasteiger partial charge on any atom is 0.345 e. The van der Waals surface area contributed by atoms with E-state index in [2.05, 4.69) is 5.10 Å². The van der Waals surface area contributed by atoms with Crippen LogP contribution >= 0.6 is 0 Å². The van der Waals surface area contributed by atoms with Crippen molar-refractivity contribution in [1.82, 2.24) is 19.2 Å². The van der Waals surface area contributed by atoms with Crippen LogP contribution in [0.4, 0.5) is 0 Å². The van der Waals surface area contributed by atoms with Gasteiger partial charge in [0.15, 0.2) is 0 Å². The molecule has 0 N–H and O–H groups in total. The number of carbonyl (C=O) groups excluding carboxylic acids is 1. The predicted molar refractivity (Wildman–Crippen MR) is 110 cm³/mol. The van der Waals surface area contributed by atoms with Crippen molar-refractivity contribution in [3.05, 3.63) is 46.1 Å². The topological polar surface area (TPSA) is 69.4 Å². The van der Waals surface area contributed by atoms with Crippen LogP contribution in [-0.2, 0) is 17.3 Å². The summed E-state index contributed by atoms with van der Waals surface area (Å²) in [5, 5.41) is 4.50. The lowest BCUT2D eigenvalue weighted by atomic mass is 9.91. The number of benzene rings is 1. The van der Waals surface area contributed by atoms with Gasteiger partial charge in [0.2, 0.25) is 5.91 Å². The Kier molecular flexibility index (Phi) is 5.00. The zero-order valence-electron chi connectivity index (χ0n) is 17.7. The Morgan fingerprint density at radius 3 is 2.31 bits per heavy atom. The van der Waals surface area contributed by atoms with Crippen LogP contribution < -0.4 is 10.4 Å². The van der Waals surface area contributed by atoms with E-state index >= 15 is 0 Å². The van der Waals surface area contributed by atoms with E-state index in [4.69, 9.17) is 4.74 Å². The second kappa shape index (κ2) is 7.35. The van der Waals surface area contributed by atoms with E-state index < -0.39 is 0 Å². The summed E-state index contributed by atoms with van der Waals surface area (Å²) in [6, 6.07) is 7.98. The van der Waals surface area contributed by atoms with Crippen molar-refractivity contribution in [2.24, 2.45) is 7.05 Å². The van der Waals surface area contributed by atoms with Crippen LogP contribution in [0, 0.1) is 0 Å². The molecule has 2 fully saturated rings. The third-order valence-corrected chi connectivity index (χ3v) is 6.45. The van der Waals surface area contributed by atoms with Crippen LogP contribution in [-0.4, -0.2) is 45.4 Å². The fourth-order valence-electron chi connectivity index (χ4n) is 4.57. The van der Waals surface area contributed by atoms with Gasteiger partial charge in [0, 0.05) is 32.1 Å². The summed E-state index contributed by atoms with van der Waals surface area (Å²) in [5.41, 5.74) is 0.665. The van der Waals surface area contributed by atoms with Crippen molar-refractivity contribution >= 4 is 5.91 Å². The molecule has 0 bridgehead atoms. The molecule has 0 spiro atoms. The molecule has 7 nitrogen and oxygen atoms in total. The first-order valence-corrected chi connectivity index (χ1v) is 10.5. The molecule has 1 saturated heterocycles. The molecule has 29 heavy (non-hydrogen) atoms. The average Bonchev–Trinajstić information content (AvgIpc) is 3.48. The van der Waals surface area contributed by atoms with Gasteiger partial charge < -0.3 is 9.64 Å². The van der Waals surface area contributed by atoms with Gasteiger partial charge in [-0.15, -0.1) is 0 Å². The van der Waals surface area contributed by atoms with E-state index in [9.17, 15) is 9.59 Å². The number of carbonyl (C=O) groups is 1. The van der Waals surface area contributed by atoms with Gasteiger partial charge in [-0.1, -0.05) is 12.1 Å². The van der Waals surface area contributed by atoms with Crippen molar-refractivity contribution < 1.29 is 9.53 Å². The Morgan fingerprint density at radius 2 is 1.79 bits per heavy atom. The Labute approximate surface area is 171 Å². The number of nitrogens with zero attached hydrogens (tertiary/aromatic N) is 4. The first kappa shape index (κ1) is 19.7. The molecular formula is C22H30N4O3. The highest BCUT2D eigenvalue weighted by molar-refractivity contribution is 5.91. The van der Waals surface area contributed by atoms with E-state index in [0.717, 1.165) is 42.8 Å². The SMILES string of the molecule is COc1ccc(C2(C(=O)N3CCC(c4nn(C)c(=O)n4C(C)C)CC3)CC2)cc1. The zero-order chi connectivity index (χ0) is 20.8. The lowest BCUT2D eigenvalue weighted by Crippen LogP contribution is -2.44. The van der Waals surface area contributed by atoms with Crippen LogP contribution in [0.5, 0.6) is 5.75 Å². The van der Waals surface area contributed by atoms with Gasteiger partial charge in [-0.3, -0.25) is 9.36 Å². The van der Waals surface area contributed by atoms with Crippen LogP contribution in [0.25, 0.3) is 0 Å². The lowest BCUT2D eigenvalue weighted by molar-refractivity contribution is -0.135. The standard InChI is InChI=1S/C22H30N4O3/c1-15(2)26-19(23-24(3)21(26)28)16-9-13-25(14-10-16)20(27)22(11-12-22)17-5-7-18(29-4)8-6-17/h5-8,15-16H,9-14H2,1-4H3. The largest absolute Gasteiger partial charge is 0.497 e. The number of piperidine rings is 1. The number of likely N-dealkylation sites (tertiary alicyclic amines) is 1. The van der Waals surface area contributed by atoms with Crippen LogP contribution in [0.3, 0.4) is 0 Å². The van der Waals surface area contributed by atoms with Gasteiger partial charge in [-0.05, 0) is 57.2 Å². The molecule has 2 aromatic rings. The fraction of sp³-hybridized carbons (Fsp3) is 0.591. The molecule has 2 heterocycles. The van der Waals surface area contributed by atoms with E-state index in [-0.39, 0.29) is 29.0 Å². The third kappa shape index (κ3) is 3.36. The van der Waals surface area contributed by atoms with Gasteiger partial charge in [0.1, 0.15) is 11.6 Å². The number of aryl methyl sites for hydroxylation is 1. The minimum absolute atomic E-state index is 0.0649. The zero-order valence-corrected chi connectivity index (χ0v) is 17.7. The number of aromatic nitrogens is 3. The molecule has 156 valence electrons. The maximum atomic E-state index is 13.3. The molecule has 1 amide bonds. The summed E-state index contributed by atoms with van der Waals surface area (Å²) in [5.74, 6) is 2.12. The summed E-state index contributed by atoms with van der Waals surface area (Å²) in [4.78, 5) is 27.7. The molecule has 0 unspecified atom stereocenters. The summed E-state index contributed by atoms with van der Waals surface area (Å²) < 4.78 is 8.46. The van der Waals surface area contributed by atoms with Crippen LogP contribution in [0.2, 0.25) is 0 Å². The number of methoxy groups -OCH3 is 1. The predicted octanol–water partition coefficient (Wildman–Crippen LogP) is 2.61. The van der Waals surface area contributed by atoms with Crippen molar-refractivity contribution in [2.75, 3.05) is 20.2 Å². The number of rotatable bonds is 5. The third-order valence-electron chi connectivity index (χ3n) is 6.45. The first-order chi connectivity index (χ1) is 13.9. The summed E-state index contributed by atoms with van der Waals surface area (Å²) in [6.45, 7) is 5.45.